The van der Waals surface area contributed by atoms with Crippen LogP contribution in [0.5, 0.6) is 0 Å². The molecule has 1 heterocycles. The summed E-state index contributed by atoms with van der Waals surface area (Å²) >= 11 is 5.94. The van der Waals surface area contributed by atoms with E-state index < -0.39 is 0 Å². The molecule has 0 saturated carbocycles. The summed E-state index contributed by atoms with van der Waals surface area (Å²) in [6.45, 7) is 0. The van der Waals surface area contributed by atoms with Gasteiger partial charge in [-0.25, -0.2) is 0 Å². The Morgan fingerprint density at radius 1 is 1.38 bits per heavy atom. The summed E-state index contributed by atoms with van der Waals surface area (Å²) in [6.07, 6.45) is 0.350. The number of rotatable bonds is 1. The van der Waals surface area contributed by atoms with Crippen molar-refractivity contribution in [3.05, 3.63) is 35.0 Å². The fourth-order valence-electron chi connectivity index (χ4n) is 1.42. The van der Waals surface area contributed by atoms with Gasteiger partial charge in [0.1, 0.15) is 5.15 Å². The van der Waals surface area contributed by atoms with Crippen LogP contribution in [0.2, 0.25) is 5.15 Å². The van der Waals surface area contributed by atoms with Crippen molar-refractivity contribution in [3.8, 4) is 6.07 Å². The maximum atomic E-state index is 8.60. The van der Waals surface area contributed by atoms with Gasteiger partial charge >= 0.3 is 0 Å². The molecule has 0 saturated heterocycles. The number of hydrogen-bond donors (Lipinski definition) is 1. The largest absolute Gasteiger partial charge is 0.345 e. The van der Waals surface area contributed by atoms with Crippen LogP contribution in [0, 0.1) is 11.3 Å². The van der Waals surface area contributed by atoms with Gasteiger partial charge < -0.3 is 4.98 Å². The molecule has 0 fully saturated rings. The van der Waals surface area contributed by atoms with Gasteiger partial charge in [-0.1, -0.05) is 29.8 Å². The topological polar surface area (TPSA) is 39.6 Å². The van der Waals surface area contributed by atoms with Crippen LogP contribution in [-0.4, -0.2) is 4.98 Å². The Hall–Kier alpha value is -1.46. The molecule has 3 heteroatoms. The van der Waals surface area contributed by atoms with Gasteiger partial charge in [0.15, 0.2) is 0 Å². The van der Waals surface area contributed by atoms with Crippen molar-refractivity contribution in [1.29, 1.82) is 5.26 Å². The predicted octanol–water partition coefficient (Wildman–Crippen LogP) is 2.89. The lowest BCUT2D eigenvalue weighted by atomic mass is 10.1. The summed E-state index contributed by atoms with van der Waals surface area (Å²) in [5.74, 6) is 0. The monoisotopic (exact) mass is 190 g/mol. The van der Waals surface area contributed by atoms with Gasteiger partial charge in [0.2, 0.25) is 0 Å². The van der Waals surface area contributed by atoms with Gasteiger partial charge in [-0.3, -0.25) is 0 Å². The molecule has 1 aromatic carbocycles. The molecule has 1 N–H and O–H groups in total. The third-order valence-corrected chi connectivity index (χ3v) is 2.34. The molecule has 2 nitrogen and oxygen atoms in total. The van der Waals surface area contributed by atoms with E-state index in [2.05, 4.69) is 11.1 Å². The minimum atomic E-state index is 0.350. The second-order valence-electron chi connectivity index (χ2n) is 2.80. The van der Waals surface area contributed by atoms with E-state index in [9.17, 15) is 0 Å². The van der Waals surface area contributed by atoms with E-state index in [0.29, 0.717) is 11.6 Å². The molecule has 0 atom stereocenters. The van der Waals surface area contributed by atoms with Crippen LogP contribution in [0.15, 0.2) is 24.3 Å². The van der Waals surface area contributed by atoms with Gasteiger partial charge in [0.25, 0.3) is 0 Å². The van der Waals surface area contributed by atoms with E-state index in [1.807, 2.05) is 24.3 Å². The molecule has 0 amide bonds. The Balaban J connectivity index is 2.73. The first-order valence-corrected chi connectivity index (χ1v) is 4.33. The SMILES string of the molecule is N#CCc1c(Cl)[nH]c2ccccc12. The van der Waals surface area contributed by atoms with Crippen LogP contribution < -0.4 is 0 Å². The molecule has 0 aliphatic rings. The molecule has 2 rings (SSSR count). The molecule has 1 aromatic heterocycles. The number of aromatic amines is 1. The van der Waals surface area contributed by atoms with Crippen LogP contribution in [0.25, 0.3) is 10.9 Å². The summed E-state index contributed by atoms with van der Waals surface area (Å²) in [6, 6.07) is 9.88. The number of benzene rings is 1. The molecular formula is C10H7ClN2. The quantitative estimate of drug-likeness (QED) is 0.738. The van der Waals surface area contributed by atoms with Gasteiger partial charge in [-0.05, 0) is 6.07 Å². The van der Waals surface area contributed by atoms with E-state index in [0.717, 1.165) is 16.5 Å². The fourth-order valence-corrected chi connectivity index (χ4v) is 1.69. The first kappa shape index (κ1) is 8.15. The third kappa shape index (κ3) is 1.28. The molecule has 0 aliphatic heterocycles. The number of H-pyrrole nitrogens is 1. The van der Waals surface area contributed by atoms with Crippen LogP contribution in [-0.2, 0) is 6.42 Å². The smallest absolute Gasteiger partial charge is 0.111 e. The zero-order valence-electron chi connectivity index (χ0n) is 6.84. The average molecular weight is 191 g/mol. The number of nitrogens with zero attached hydrogens (tertiary/aromatic N) is 1. The van der Waals surface area contributed by atoms with E-state index in [4.69, 9.17) is 16.9 Å². The van der Waals surface area contributed by atoms with Gasteiger partial charge in [0.05, 0.1) is 12.5 Å². The highest BCUT2D eigenvalue weighted by atomic mass is 35.5. The van der Waals surface area contributed by atoms with Crippen LogP contribution in [0.3, 0.4) is 0 Å². The van der Waals surface area contributed by atoms with Crippen molar-refractivity contribution in [1.82, 2.24) is 4.98 Å². The minimum absolute atomic E-state index is 0.350. The lowest BCUT2D eigenvalue weighted by Crippen LogP contribution is -1.78. The number of fused-ring (bicyclic) bond motifs is 1. The van der Waals surface area contributed by atoms with Crippen molar-refractivity contribution in [3.63, 3.8) is 0 Å². The van der Waals surface area contributed by atoms with E-state index in [-0.39, 0.29) is 0 Å². The Kier molecular flexibility index (Phi) is 1.96. The number of nitrogens with one attached hydrogen (secondary N) is 1. The van der Waals surface area contributed by atoms with Gasteiger partial charge in [-0.15, -0.1) is 0 Å². The molecule has 2 aromatic rings. The van der Waals surface area contributed by atoms with E-state index >= 15 is 0 Å². The van der Waals surface area contributed by atoms with E-state index in [1.54, 1.807) is 0 Å². The standard InChI is InChI=1S/C10H7ClN2/c11-10-8(5-6-12)7-3-1-2-4-9(7)13-10/h1-4,13H,5H2. The van der Waals surface area contributed by atoms with Crippen LogP contribution >= 0.6 is 11.6 Å². The lowest BCUT2D eigenvalue weighted by molar-refractivity contribution is 1.27. The predicted molar refractivity (Wildman–Crippen MR) is 52.6 cm³/mol. The maximum Gasteiger partial charge on any atom is 0.111 e. The van der Waals surface area contributed by atoms with Crippen molar-refractivity contribution < 1.29 is 0 Å². The Morgan fingerprint density at radius 2 is 2.15 bits per heavy atom. The lowest BCUT2D eigenvalue weighted by Gasteiger charge is -1.90. The second kappa shape index (κ2) is 3.12. The molecule has 0 spiro atoms. The summed E-state index contributed by atoms with van der Waals surface area (Å²) in [7, 11) is 0. The maximum absolute atomic E-state index is 8.60. The highest BCUT2D eigenvalue weighted by Gasteiger charge is 2.07. The molecule has 0 radical (unpaired) electrons. The van der Waals surface area contributed by atoms with Gasteiger partial charge in [-0.2, -0.15) is 5.26 Å². The average Bonchev–Trinajstić information content (AvgIpc) is 2.44. The van der Waals surface area contributed by atoms with Crippen molar-refractivity contribution in [2.75, 3.05) is 0 Å². The first-order valence-electron chi connectivity index (χ1n) is 3.95. The number of aromatic nitrogens is 1. The number of para-hydroxylation sites is 1. The summed E-state index contributed by atoms with van der Waals surface area (Å²) in [4.78, 5) is 3.03. The minimum Gasteiger partial charge on any atom is -0.345 e. The first-order chi connectivity index (χ1) is 6.33. The molecule has 0 aliphatic carbocycles. The summed E-state index contributed by atoms with van der Waals surface area (Å²) < 4.78 is 0. The molecule has 0 bridgehead atoms. The zero-order chi connectivity index (χ0) is 9.26. The molecule has 64 valence electrons. The number of nitriles is 1. The van der Waals surface area contributed by atoms with Crippen molar-refractivity contribution in [2.45, 2.75) is 6.42 Å². The Morgan fingerprint density at radius 3 is 2.92 bits per heavy atom. The molecule has 0 unspecified atom stereocenters. The summed E-state index contributed by atoms with van der Waals surface area (Å²) in [5.41, 5.74) is 1.87. The highest BCUT2D eigenvalue weighted by Crippen LogP contribution is 2.25. The van der Waals surface area contributed by atoms with Crippen molar-refractivity contribution in [2.24, 2.45) is 0 Å². The van der Waals surface area contributed by atoms with Crippen LogP contribution in [0.1, 0.15) is 5.56 Å². The van der Waals surface area contributed by atoms with E-state index in [1.165, 1.54) is 0 Å². The Labute approximate surface area is 80.7 Å². The van der Waals surface area contributed by atoms with Crippen molar-refractivity contribution >= 4 is 22.5 Å². The normalized spacial score (nSPS) is 10.2. The van der Waals surface area contributed by atoms with Gasteiger partial charge in [0, 0.05) is 16.5 Å². The zero-order valence-corrected chi connectivity index (χ0v) is 7.60. The van der Waals surface area contributed by atoms with Crippen LogP contribution in [0.4, 0.5) is 0 Å². The second-order valence-corrected chi connectivity index (χ2v) is 3.18. The Bertz CT molecular complexity index is 479. The highest BCUT2D eigenvalue weighted by molar-refractivity contribution is 6.31. The third-order valence-electron chi connectivity index (χ3n) is 2.02. The fraction of sp³-hybridized carbons (Fsp3) is 0.100. The molecule has 13 heavy (non-hydrogen) atoms. The summed E-state index contributed by atoms with van der Waals surface area (Å²) in [5, 5.41) is 10.2. The number of hydrogen-bond acceptors (Lipinski definition) is 1. The number of halogens is 1. The molecular weight excluding hydrogens is 184 g/mol.